The van der Waals surface area contributed by atoms with E-state index < -0.39 is 0 Å². The Hall–Kier alpha value is -2.60. The molecule has 7 heteroatoms. The number of carbonyl (C=O) groups is 2. The van der Waals surface area contributed by atoms with E-state index in [9.17, 15) is 9.59 Å². The zero-order chi connectivity index (χ0) is 18.8. The van der Waals surface area contributed by atoms with Crippen LogP contribution in [0.3, 0.4) is 0 Å². The van der Waals surface area contributed by atoms with E-state index in [1.807, 2.05) is 29.2 Å². The number of nitrogens with zero attached hydrogens (tertiary/aromatic N) is 3. The van der Waals surface area contributed by atoms with E-state index in [4.69, 9.17) is 11.6 Å². The van der Waals surface area contributed by atoms with Crippen LogP contribution >= 0.6 is 11.6 Å². The Morgan fingerprint density at radius 3 is 2.56 bits per heavy atom. The minimum absolute atomic E-state index is 0.0661. The number of hydrogen-bond acceptors (Lipinski definition) is 4. The van der Waals surface area contributed by atoms with Crippen LogP contribution in [0, 0.1) is 0 Å². The topological polar surface area (TPSA) is 65.5 Å². The SMILES string of the molecule is O=C(NC1CC1)c1cc(C(=O)N2CCN(c3cccc(Cl)c3)CC2)ccn1. The van der Waals surface area contributed by atoms with E-state index in [0.717, 1.165) is 31.6 Å². The number of carbonyl (C=O) groups excluding carboxylic acids is 2. The molecule has 0 radical (unpaired) electrons. The first-order valence-electron chi connectivity index (χ1n) is 9.17. The second kappa shape index (κ2) is 7.56. The van der Waals surface area contributed by atoms with Gasteiger partial charge in [-0.25, -0.2) is 0 Å². The third-order valence-corrected chi connectivity index (χ3v) is 5.13. The van der Waals surface area contributed by atoms with Crippen LogP contribution in [0.2, 0.25) is 5.02 Å². The van der Waals surface area contributed by atoms with Gasteiger partial charge < -0.3 is 15.1 Å². The molecule has 1 saturated heterocycles. The highest BCUT2D eigenvalue weighted by Gasteiger charge is 2.26. The molecule has 1 aromatic carbocycles. The van der Waals surface area contributed by atoms with Crippen molar-refractivity contribution in [3.8, 4) is 0 Å². The fourth-order valence-corrected chi connectivity index (χ4v) is 3.38. The van der Waals surface area contributed by atoms with Crippen molar-refractivity contribution in [2.45, 2.75) is 18.9 Å². The number of hydrogen-bond donors (Lipinski definition) is 1. The third-order valence-electron chi connectivity index (χ3n) is 4.89. The monoisotopic (exact) mass is 384 g/mol. The van der Waals surface area contributed by atoms with Crippen molar-refractivity contribution < 1.29 is 9.59 Å². The molecule has 1 saturated carbocycles. The fourth-order valence-electron chi connectivity index (χ4n) is 3.20. The van der Waals surface area contributed by atoms with Gasteiger partial charge in [0.1, 0.15) is 5.69 Å². The molecule has 0 unspecified atom stereocenters. The van der Waals surface area contributed by atoms with E-state index >= 15 is 0 Å². The van der Waals surface area contributed by atoms with Crippen molar-refractivity contribution in [1.29, 1.82) is 0 Å². The van der Waals surface area contributed by atoms with Crippen LogP contribution in [0.4, 0.5) is 5.69 Å². The Labute approximate surface area is 163 Å². The largest absolute Gasteiger partial charge is 0.368 e. The minimum atomic E-state index is -0.210. The Morgan fingerprint density at radius 2 is 1.85 bits per heavy atom. The van der Waals surface area contributed by atoms with Gasteiger partial charge in [-0.05, 0) is 43.2 Å². The van der Waals surface area contributed by atoms with Gasteiger partial charge in [-0.3, -0.25) is 14.6 Å². The van der Waals surface area contributed by atoms with Crippen LogP contribution < -0.4 is 10.2 Å². The summed E-state index contributed by atoms with van der Waals surface area (Å²) in [5, 5.41) is 3.61. The molecule has 1 aromatic heterocycles. The summed E-state index contributed by atoms with van der Waals surface area (Å²) in [6.07, 6.45) is 3.56. The fraction of sp³-hybridized carbons (Fsp3) is 0.350. The molecular weight excluding hydrogens is 364 g/mol. The number of pyridine rings is 1. The molecule has 0 bridgehead atoms. The highest BCUT2D eigenvalue weighted by Crippen LogP contribution is 2.22. The molecule has 0 atom stereocenters. The molecule has 1 aliphatic carbocycles. The first-order valence-corrected chi connectivity index (χ1v) is 9.55. The summed E-state index contributed by atoms with van der Waals surface area (Å²) >= 11 is 6.07. The average Bonchev–Trinajstić information content (AvgIpc) is 3.51. The molecule has 27 heavy (non-hydrogen) atoms. The average molecular weight is 385 g/mol. The lowest BCUT2D eigenvalue weighted by Crippen LogP contribution is -2.48. The zero-order valence-electron chi connectivity index (χ0n) is 14.9. The van der Waals surface area contributed by atoms with Crippen molar-refractivity contribution >= 4 is 29.1 Å². The van der Waals surface area contributed by atoms with E-state index in [1.54, 1.807) is 12.1 Å². The molecule has 2 aromatic rings. The van der Waals surface area contributed by atoms with Gasteiger partial charge in [-0.15, -0.1) is 0 Å². The maximum Gasteiger partial charge on any atom is 0.270 e. The number of aromatic nitrogens is 1. The van der Waals surface area contributed by atoms with E-state index in [0.29, 0.717) is 29.4 Å². The number of rotatable bonds is 4. The summed E-state index contributed by atoms with van der Waals surface area (Å²) < 4.78 is 0. The van der Waals surface area contributed by atoms with Crippen LogP contribution in [-0.4, -0.2) is 53.9 Å². The second-order valence-electron chi connectivity index (χ2n) is 6.94. The molecule has 1 N–H and O–H groups in total. The first kappa shape index (κ1) is 17.8. The smallest absolute Gasteiger partial charge is 0.270 e. The van der Waals surface area contributed by atoms with E-state index in [1.165, 1.54) is 6.20 Å². The predicted octanol–water partition coefficient (Wildman–Crippen LogP) is 2.59. The molecule has 0 spiro atoms. The van der Waals surface area contributed by atoms with Crippen LogP contribution in [0.15, 0.2) is 42.6 Å². The molecular formula is C20H21ClN4O2. The molecule has 2 amide bonds. The van der Waals surface area contributed by atoms with Gasteiger partial charge in [0, 0.05) is 54.7 Å². The van der Waals surface area contributed by atoms with Gasteiger partial charge in [0.2, 0.25) is 0 Å². The second-order valence-corrected chi connectivity index (χ2v) is 7.37. The molecule has 2 fully saturated rings. The van der Waals surface area contributed by atoms with Crippen molar-refractivity contribution in [2.24, 2.45) is 0 Å². The van der Waals surface area contributed by atoms with Gasteiger partial charge in [0.15, 0.2) is 0 Å². The molecule has 2 aliphatic rings. The molecule has 6 nitrogen and oxygen atoms in total. The van der Waals surface area contributed by atoms with Gasteiger partial charge in [-0.2, -0.15) is 0 Å². The van der Waals surface area contributed by atoms with Crippen molar-refractivity contribution in [1.82, 2.24) is 15.2 Å². The van der Waals surface area contributed by atoms with Gasteiger partial charge in [0.25, 0.3) is 11.8 Å². The quantitative estimate of drug-likeness (QED) is 0.879. The van der Waals surface area contributed by atoms with Crippen LogP contribution in [0.25, 0.3) is 0 Å². The lowest BCUT2D eigenvalue weighted by Gasteiger charge is -2.36. The van der Waals surface area contributed by atoms with Crippen LogP contribution in [0.5, 0.6) is 0 Å². The summed E-state index contributed by atoms with van der Waals surface area (Å²) in [6.45, 7) is 2.73. The highest BCUT2D eigenvalue weighted by atomic mass is 35.5. The van der Waals surface area contributed by atoms with Gasteiger partial charge >= 0.3 is 0 Å². The van der Waals surface area contributed by atoms with Gasteiger partial charge in [-0.1, -0.05) is 17.7 Å². The Bertz CT molecular complexity index is 861. The summed E-state index contributed by atoms with van der Waals surface area (Å²) in [5.41, 5.74) is 1.87. The minimum Gasteiger partial charge on any atom is -0.368 e. The Kier molecular flexibility index (Phi) is 4.99. The first-order chi connectivity index (χ1) is 13.1. The number of anilines is 1. The van der Waals surface area contributed by atoms with Crippen molar-refractivity contribution in [3.63, 3.8) is 0 Å². The Morgan fingerprint density at radius 1 is 1.07 bits per heavy atom. The Balaban J connectivity index is 1.39. The van der Waals surface area contributed by atoms with Crippen LogP contribution in [-0.2, 0) is 0 Å². The number of benzene rings is 1. The predicted molar refractivity (Wildman–Crippen MR) is 104 cm³/mol. The summed E-state index contributed by atoms with van der Waals surface area (Å²) in [6, 6.07) is 11.3. The van der Waals surface area contributed by atoms with E-state index in [-0.39, 0.29) is 17.9 Å². The molecule has 2 heterocycles. The highest BCUT2D eigenvalue weighted by molar-refractivity contribution is 6.30. The molecule has 4 rings (SSSR count). The maximum atomic E-state index is 12.8. The number of amides is 2. The number of nitrogens with one attached hydrogen (secondary N) is 1. The number of piperazine rings is 1. The van der Waals surface area contributed by atoms with Crippen molar-refractivity contribution in [3.05, 3.63) is 58.9 Å². The maximum absolute atomic E-state index is 12.8. The molecule has 140 valence electrons. The lowest BCUT2D eigenvalue weighted by atomic mass is 10.1. The van der Waals surface area contributed by atoms with E-state index in [2.05, 4.69) is 15.2 Å². The molecule has 1 aliphatic heterocycles. The normalized spacial score (nSPS) is 16.9. The lowest BCUT2D eigenvalue weighted by molar-refractivity contribution is 0.0746. The van der Waals surface area contributed by atoms with Gasteiger partial charge in [0.05, 0.1) is 0 Å². The summed E-state index contributed by atoms with van der Waals surface area (Å²) in [5.74, 6) is -0.276. The standard InChI is InChI=1S/C20H21ClN4O2/c21-15-2-1-3-17(13-15)24-8-10-25(11-9-24)20(27)14-6-7-22-18(12-14)19(26)23-16-4-5-16/h1-3,6-7,12-13,16H,4-5,8-11H2,(H,23,26). The summed E-state index contributed by atoms with van der Waals surface area (Å²) in [7, 11) is 0. The zero-order valence-corrected chi connectivity index (χ0v) is 15.7. The third kappa shape index (κ3) is 4.22. The summed E-state index contributed by atoms with van der Waals surface area (Å²) in [4.78, 5) is 33.1. The number of halogens is 1. The van der Waals surface area contributed by atoms with Crippen LogP contribution in [0.1, 0.15) is 33.7 Å². The van der Waals surface area contributed by atoms with Crippen molar-refractivity contribution in [2.75, 3.05) is 31.1 Å².